The van der Waals surface area contributed by atoms with E-state index in [-0.39, 0.29) is 21.2 Å². The Morgan fingerprint density at radius 1 is 1.03 bits per heavy atom. The number of thiophene rings is 1. The van der Waals surface area contributed by atoms with Crippen molar-refractivity contribution < 1.29 is 36.2 Å². The molecule has 0 saturated heterocycles. The third-order valence-electron chi connectivity index (χ3n) is 5.21. The van der Waals surface area contributed by atoms with Crippen molar-refractivity contribution in [2.24, 2.45) is 4.99 Å². The van der Waals surface area contributed by atoms with E-state index >= 15 is 0 Å². The number of ether oxygens (including phenoxy) is 1. The van der Waals surface area contributed by atoms with Gasteiger partial charge >= 0.3 is 12.4 Å². The quantitative estimate of drug-likeness (QED) is 0.495. The van der Waals surface area contributed by atoms with E-state index < -0.39 is 22.8 Å². The molecule has 3 aromatic heterocycles. The summed E-state index contributed by atoms with van der Waals surface area (Å²) in [6.07, 6.45) is -8.71. The van der Waals surface area contributed by atoms with Gasteiger partial charge in [-0.2, -0.15) is 26.3 Å². The molecule has 0 atom stereocenters. The average molecular weight is 489 g/mol. The Kier molecular flexibility index (Phi) is 5.28. The number of aromatic amines is 2. The highest BCUT2D eigenvalue weighted by Crippen LogP contribution is 2.50. The summed E-state index contributed by atoms with van der Waals surface area (Å²) in [5.41, 5.74) is -1.84. The summed E-state index contributed by atoms with van der Waals surface area (Å²) >= 11 is 0.187. The summed E-state index contributed by atoms with van der Waals surface area (Å²) in [6, 6.07) is 4.21. The maximum absolute atomic E-state index is 13.2. The smallest absolute Gasteiger partial charge is 0.431 e. The lowest BCUT2D eigenvalue weighted by atomic mass is 10.0. The molecule has 3 aromatic rings. The van der Waals surface area contributed by atoms with E-state index in [4.69, 9.17) is 4.74 Å². The third kappa shape index (κ3) is 3.76. The zero-order valence-corrected chi connectivity index (χ0v) is 18.2. The summed E-state index contributed by atoms with van der Waals surface area (Å²) in [6.45, 7) is 3.84. The molecule has 176 valence electrons. The number of rotatable bonds is 3. The van der Waals surface area contributed by atoms with E-state index in [9.17, 15) is 31.4 Å². The molecule has 0 aliphatic carbocycles. The van der Waals surface area contributed by atoms with Gasteiger partial charge in [-0.15, -0.1) is 11.3 Å². The van der Waals surface area contributed by atoms with Gasteiger partial charge in [0, 0.05) is 17.5 Å². The van der Waals surface area contributed by atoms with Gasteiger partial charge in [-0.3, -0.25) is 0 Å². The number of H-pyrrole nitrogens is 2. The maximum Gasteiger partial charge on any atom is 0.431 e. The fourth-order valence-electron chi connectivity index (χ4n) is 3.54. The van der Waals surface area contributed by atoms with Crippen molar-refractivity contribution in [3.63, 3.8) is 0 Å². The number of nitrogens with one attached hydrogen (secondary N) is 2. The highest BCUT2D eigenvalue weighted by molar-refractivity contribution is 7.10. The number of aromatic nitrogens is 2. The fourth-order valence-corrected chi connectivity index (χ4v) is 4.70. The minimum absolute atomic E-state index is 0.0712. The molecule has 4 rings (SSSR count). The first-order valence-electron chi connectivity index (χ1n) is 9.46. The first-order chi connectivity index (χ1) is 15.2. The molecule has 0 unspecified atom stereocenters. The van der Waals surface area contributed by atoms with Crippen LogP contribution in [0.3, 0.4) is 0 Å². The van der Waals surface area contributed by atoms with Crippen LogP contribution in [-0.4, -0.2) is 34.5 Å². The second-order valence-corrected chi connectivity index (χ2v) is 8.65. The van der Waals surface area contributed by atoms with Gasteiger partial charge in [-0.05, 0) is 43.7 Å². The number of methoxy groups -OCH3 is 1. The molecule has 0 fully saturated rings. The lowest BCUT2D eigenvalue weighted by Crippen LogP contribution is -2.53. The molecule has 0 radical (unpaired) electrons. The molecule has 0 saturated carbocycles. The van der Waals surface area contributed by atoms with Crippen LogP contribution in [0.2, 0.25) is 0 Å². The Labute approximate surface area is 186 Å². The van der Waals surface area contributed by atoms with Gasteiger partial charge < -0.3 is 19.8 Å². The van der Waals surface area contributed by atoms with E-state index in [1.165, 1.54) is 13.2 Å². The number of nitrogens with zero attached hydrogens (tertiary/aromatic N) is 1. The van der Waals surface area contributed by atoms with E-state index in [2.05, 4.69) is 15.0 Å². The summed E-state index contributed by atoms with van der Waals surface area (Å²) < 4.78 is 84.4. The third-order valence-corrected chi connectivity index (χ3v) is 6.39. The Bertz CT molecular complexity index is 1420. The van der Waals surface area contributed by atoms with Gasteiger partial charge in [0.15, 0.2) is 0 Å². The van der Waals surface area contributed by atoms with Crippen LogP contribution in [-0.2, 0) is 5.60 Å². The molecule has 1 aliphatic heterocycles. The topological polar surface area (TPSA) is 73.4 Å². The van der Waals surface area contributed by atoms with Crippen LogP contribution in [0.4, 0.5) is 26.3 Å². The molecule has 33 heavy (non-hydrogen) atoms. The van der Waals surface area contributed by atoms with Gasteiger partial charge in [0.05, 0.1) is 38.3 Å². The minimum atomic E-state index is -5.94. The van der Waals surface area contributed by atoms with Crippen LogP contribution < -0.4 is 25.3 Å². The molecule has 3 N–H and O–H groups in total. The second-order valence-electron chi connectivity index (χ2n) is 7.57. The van der Waals surface area contributed by atoms with Crippen molar-refractivity contribution in [3.05, 3.63) is 60.6 Å². The number of alkyl halides is 6. The Balaban J connectivity index is 1.83. The SMILES string of the molecule is COc1cc(=C2C=c3sc(C(O)(C(F)(F)F)C(F)(F)F)cc3=N2)[nH]c1=Cc1[nH]c(C)cc1C. The van der Waals surface area contributed by atoms with E-state index in [0.717, 1.165) is 17.0 Å². The monoisotopic (exact) mass is 489 g/mol. The fraction of sp³-hybridized carbons (Fsp3) is 0.286. The highest BCUT2D eigenvalue weighted by Gasteiger charge is 2.72. The average Bonchev–Trinajstić information content (AvgIpc) is 3.42. The van der Waals surface area contributed by atoms with Gasteiger partial charge in [-0.25, -0.2) is 4.99 Å². The first-order valence-corrected chi connectivity index (χ1v) is 10.3. The molecule has 1 aliphatic rings. The van der Waals surface area contributed by atoms with Crippen molar-refractivity contribution in [2.45, 2.75) is 31.8 Å². The van der Waals surface area contributed by atoms with Crippen LogP contribution in [0.5, 0.6) is 5.75 Å². The largest absolute Gasteiger partial charge is 0.494 e. The van der Waals surface area contributed by atoms with Crippen molar-refractivity contribution in [3.8, 4) is 5.75 Å². The zero-order valence-electron chi connectivity index (χ0n) is 17.4. The molecule has 12 heteroatoms. The van der Waals surface area contributed by atoms with E-state index in [0.29, 0.717) is 28.2 Å². The molecule has 5 nitrogen and oxygen atoms in total. The summed E-state index contributed by atoms with van der Waals surface area (Å²) in [5.74, 6) is 0.479. The summed E-state index contributed by atoms with van der Waals surface area (Å²) in [4.78, 5) is 9.18. The van der Waals surface area contributed by atoms with Crippen molar-refractivity contribution >= 4 is 29.2 Å². The lowest BCUT2D eigenvalue weighted by Gasteiger charge is -2.31. The lowest BCUT2D eigenvalue weighted by molar-refractivity contribution is -0.375. The molecule has 4 heterocycles. The Morgan fingerprint density at radius 3 is 2.21 bits per heavy atom. The van der Waals surface area contributed by atoms with Crippen LogP contribution >= 0.6 is 11.3 Å². The number of fused-ring (bicyclic) bond motifs is 1. The second kappa shape index (κ2) is 7.52. The van der Waals surface area contributed by atoms with Crippen LogP contribution in [0.1, 0.15) is 21.8 Å². The van der Waals surface area contributed by atoms with Gasteiger partial charge in [-0.1, -0.05) is 0 Å². The molecular formula is C21H17F6N3O2S. The number of hydrogen-bond acceptors (Lipinski definition) is 4. The van der Waals surface area contributed by atoms with Crippen molar-refractivity contribution in [1.29, 1.82) is 0 Å². The standard InChI is InChI=1S/C21H17F6N3O2S/c1-9-4-10(2)28-11(9)5-14-16(32-3)6-12(29-14)13-7-17-15(30-13)8-18(33-17)19(31,20(22,23)24)21(25,26)27/h4-8,28-29,31H,1-3H3. The number of halogens is 6. The van der Waals surface area contributed by atoms with Crippen LogP contribution in [0.15, 0.2) is 23.2 Å². The number of aryl methyl sites for hydroxylation is 2. The van der Waals surface area contributed by atoms with Crippen LogP contribution in [0.25, 0.3) is 17.8 Å². The van der Waals surface area contributed by atoms with E-state index in [1.54, 1.807) is 6.07 Å². The van der Waals surface area contributed by atoms with Gasteiger partial charge in [0.1, 0.15) is 5.75 Å². The number of hydrogen-bond donors (Lipinski definition) is 3. The maximum atomic E-state index is 13.2. The summed E-state index contributed by atoms with van der Waals surface area (Å²) in [7, 11) is 1.47. The van der Waals surface area contributed by atoms with Crippen LogP contribution in [0, 0.1) is 13.8 Å². The predicted molar refractivity (Wildman–Crippen MR) is 109 cm³/mol. The summed E-state index contributed by atoms with van der Waals surface area (Å²) in [5, 5.41) is 10.6. The molecular weight excluding hydrogens is 472 g/mol. The molecule has 0 aromatic carbocycles. The molecule has 0 amide bonds. The minimum Gasteiger partial charge on any atom is -0.494 e. The van der Waals surface area contributed by atoms with Crippen molar-refractivity contribution in [1.82, 2.24) is 9.97 Å². The Hall–Kier alpha value is -2.99. The highest BCUT2D eigenvalue weighted by atomic mass is 32.1. The predicted octanol–water partition coefficient (Wildman–Crippen LogP) is 2.39. The normalized spacial score (nSPS) is 16.6. The van der Waals surface area contributed by atoms with Gasteiger partial charge in [0.2, 0.25) is 0 Å². The Morgan fingerprint density at radius 2 is 1.70 bits per heavy atom. The number of aliphatic hydroxyl groups is 1. The first kappa shape index (κ1) is 23.2. The molecule has 0 bridgehead atoms. The molecule has 0 spiro atoms. The van der Waals surface area contributed by atoms with Gasteiger partial charge in [0.25, 0.3) is 5.60 Å². The van der Waals surface area contributed by atoms with Crippen molar-refractivity contribution in [2.75, 3.05) is 7.11 Å². The van der Waals surface area contributed by atoms with E-state index in [1.807, 2.05) is 26.0 Å². The zero-order chi connectivity index (χ0) is 24.3.